The van der Waals surface area contributed by atoms with Crippen molar-refractivity contribution in [3.8, 4) is 0 Å². The van der Waals surface area contributed by atoms with Gasteiger partial charge in [0, 0.05) is 50.1 Å². The summed E-state index contributed by atoms with van der Waals surface area (Å²) in [4.78, 5) is 0. The second-order valence-corrected chi connectivity index (χ2v) is 12.8. The quantitative estimate of drug-likeness (QED) is 0.115. The van der Waals surface area contributed by atoms with E-state index in [4.69, 9.17) is 0 Å². The third-order valence-corrected chi connectivity index (χ3v) is 9.46. The average Bonchev–Trinajstić information content (AvgIpc) is 3.09. The lowest BCUT2D eigenvalue weighted by Crippen LogP contribution is -2.17. The Hall–Kier alpha value is -3.28. The Morgan fingerprint density at radius 1 is 0.341 bits per heavy atom. The Labute approximate surface area is 264 Å². The van der Waals surface area contributed by atoms with E-state index in [0.29, 0.717) is 0 Å². The van der Waals surface area contributed by atoms with Gasteiger partial charge in [0.25, 0.3) is 0 Å². The molecule has 4 aromatic carbocycles. The van der Waals surface area contributed by atoms with Gasteiger partial charge in [0.15, 0.2) is 0 Å². The molecule has 6 atom stereocenters. The zero-order chi connectivity index (χ0) is 31.6. The minimum Gasteiger partial charge on any atom is -0.396 e. The number of hydrogen-bond acceptors (Lipinski definition) is 4. The number of benzene rings is 4. The summed E-state index contributed by atoms with van der Waals surface area (Å²) in [5, 5.41) is 38.8. The van der Waals surface area contributed by atoms with Crippen molar-refractivity contribution in [1.82, 2.24) is 0 Å². The van der Waals surface area contributed by atoms with Crippen molar-refractivity contribution in [3.05, 3.63) is 142 Å². The van der Waals surface area contributed by atoms with E-state index in [2.05, 4.69) is 97.1 Å². The second kappa shape index (κ2) is 16.2. The average molecular weight is 595 g/mol. The third kappa shape index (κ3) is 8.46. The van der Waals surface area contributed by atoms with Crippen LogP contribution in [0, 0.1) is 0 Å². The highest BCUT2D eigenvalue weighted by Crippen LogP contribution is 2.40. The van der Waals surface area contributed by atoms with Gasteiger partial charge >= 0.3 is 0 Å². The molecule has 6 unspecified atom stereocenters. The lowest BCUT2D eigenvalue weighted by Gasteiger charge is -2.30. The number of rotatable bonds is 15. The van der Waals surface area contributed by atoms with Crippen LogP contribution in [0.4, 0.5) is 0 Å². The predicted octanol–water partition coefficient (Wildman–Crippen LogP) is 7.42. The van der Waals surface area contributed by atoms with Crippen molar-refractivity contribution in [2.75, 3.05) is 26.4 Å². The van der Waals surface area contributed by atoms with E-state index in [0.717, 1.165) is 35.1 Å². The minimum atomic E-state index is 0.0836. The second-order valence-electron chi connectivity index (χ2n) is 12.8. The highest BCUT2D eigenvalue weighted by Gasteiger charge is 2.27. The first-order valence-electron chi connectivity index (χ1n) is 16.1. The molecule has 0 saturated carbocycles. The maximum absolute atomic E-state index is 9.75. The topological polar surface area (TPSA) is 80.9 Å². The van der Waals surface area contributed by atoms with Gasteiger partial charge in [-0.3, -0.25) is 0 Å². The van der Waals surface area contributed by atoms with Crippen LogP contribution in [0.5, 0.6) is 0 Å². The highest BCUT2D eigenvalue weighted by atomic mass is 16.3. The summed E-state index contributed by atoms with van der Waals surface area (Å²) in [6.45, 7) is 8.65. The van der Waals surface area contributed by atoms with Crippen LogP contribution in [0.1, 0.15) is 108 Å². The van der Waals surface area contributed by atoms with Crippen LogP contribution in [0.3, 0.4) is 0 Å². The Bertz CT molecular complexity index is 1280. The van der Waals surface area contributed by atoms with Crippen LogP contribution in [-0.4, -0.2) is 46.9 Å². The molecule has 0 saturated heterocycles. The fraction of sp³-hybridized carbons (Fsp3) is 0.400. The molecule has 4 N–H and O–H groups in total. The van der Waals surface area contributed by atoms with Gasteiger partial charge in [-0.1, -0.05) is 125 Å². The SMILES string of the molecule is CC(CO)c1ccc(CC(c2ccc(C(C)CO)cc2)C(Cc2ccc(C(C)CO)cc2)c2ccc(C(C)CO)cc2)cc1. The molecule has 234 valence electrons. The van der Waals surface area contributed by atoms with E-state index in [1.807, 2.05) is 27.7 Å². The minimum absolute atomic E-state index is 0.0836. The molecule has 0 aliphatic carbocycles. The monoisotopic (exact) mass is 594 g/mol. The van der Waals surface area contributed by atoms with E-state index in [1.165, 1.54) is 22.3 Å². The van der Waals surface area contributed by atoms with Crippen LogP contribution >= 0.6 is 0 Å². The first-order chi connectivity index (χ1) is 21.3. The Balaban J connectivity index is 1.78. The molecule has 0 aliphatic rings. The molecule has 0 bridgehead atoms. The van der Waals surface area contributed by atoms with Gasteiger partial charge in [-0.2, -0.15) is 0 Å². The molecule has 0 radical (unpaired) electrons. The van der Waals surface area contributed by atoms with Crippen LogP contribution in [-0.2, 0) is 12.8 Å². The van der Waals surface area contributed by atoms with Gasteiger partial charge in [-0.05, 0) is 69.2 Å². The molecule has 4 heteroatoms. The van der Waals surface area contributed by atoms with E-state index < -0.39 is 0 Å². The standard InChI is InChI=1S/C40H50O4/c1-27(23-41)33-9-5-31(6-10-33)21-39(37-17-13-35(14-18-37)29(3)25-43)40(38-19-15-36(16-20-38)30(4)26-44)22-32-7-11-34(12-8-32)28(2)24-42/h5-20,27-30,39-44H,21-26H2,1-4H3. The van der Waals surface area contributed by atoms with E-state index in [-0.39, 0.29) is 61.9 Å². The Kier molecular flexibility index (Phi) is 12.3. The zero-order valence-corrected chi connectivity index (χ0v) is 26.7. The first-order valence-corrected chi connectivity index (χ1v) is 16.1. The molecule has 4 aromatic rings. The summed E-state index contributed by atoms with van der Waals surface area (Å²) in [6.07, 6.45) is 1.70. The fourth-order valence-electron chi connectivity index (χ4n) is 6.02. The molecule has 0 heterocycles. The highest BCUT2D eigenvalue weighted by molar-refractivity contribution is 5.38. The largest absolute Gasteiger partial charge is 0.396 e. The molecule has 0 fully saturated rings. The molecule has 0 spiro atoms. The van der Waals surface area contributed by atoms with Crippen LogP contribution in [0.15, 0.2) is 97.1 Å². The molecule has 0 aliphatic heterocycles. The Morgan fingerprint density at radius 2 is 0.545 bits per heavy atom. The zero-order valence-electron chi connectivity index (χ0n) is 26.7. The summed E-state index contributed by atoms with van der Waals surface area (Å²) in [7, 11) is 0. The van der Waals surface area contributed by atoms with Gasteiger partial charge in [0.1, 0.15) is 0 Å². The molecule has 4 nitrogen and oxygen atoms in total. The predicted molar refractivity (Wildman–Crippen MR) is 181 cm³/mol. The van der Waals surface area contributed by atoms with Gasteiger partial charge in [-0.15, -0.1) is 0 Å². The molecule has 4 rings (SSSR count). The fourth-order valence-corrected chi connectivity index (χ4v) is 6.02. The summed E-state index contributed by atoms with van der Waals surface area (Å²) < 4.78 is 0. The lowest BCUT2D eigenvalue weighted by molar-refractivity contribution is 0.273. The first kappa shape index (κ1) is 33.6. The van der Waals surface area contributed by atoms with Crippen LogP contribution in [0.2, 0.25) is 0 Å². The van der Waals surface area contributed by atoms with Crippen molar-refractivity contribution in [2.24, 2.45) is 0 Å². The van der Waals surface area contributed by atoms with E-state index in [9.17, 15) is 20.4 Å². The van der Waals surface area contributed by atoms with Crippen molar-refractivity contribution in [1.29, 1.82) is 0 Å². The van der Waals surface area contributed by atoms with E-state index >= 15 is 0 Å². The smallest absolute Gasteiger partial charge is 0.0497 e. The van der Waals surface area contributed by atoms with Crippen molar-refractivity contribution >= 4 is 0 Å². The van der Waals surface area contributed by atoms with Crippen LogP contribution in [0.25, 0.3) is 0 Å². The van der Waals surface area contributed by atoms with Gasteiger partial charge in [0.2, 0.25) is 0 Å². The van der Waals surface area contributed by atoms with Gasteiger partial charge in [0.05, 0.1) is 0 Å². The summed E-state index contributed by atoms with van der Waals surface area (Å²) in [5.41, 5.74) is 9.55. The molecular formula is C40H50O4. The maximum Gasteiger partial charge on any atom is 0.0497 e. The van der Waals surface area contributed by atoms with Gasteiger partial charge < -0.3 is 20.4 Å². The maximum atomic E-state index is 9.75. The Morgan fingerprint density at radius 3 is 0.773 bits per heavy atom. The summed E-state index contributed by atoms with van der Waals surface area (Å²) in [6, 6.07) is 34.9. The number of hydrogen-bond donors (Lipinski definition) is 4. The molecule has 0 amide bonds. The lowest BCUT2D eigenvalue weighted by atomic mass is 9.74. The van der Waals surface area contributed by atoms with E-state index in [1.54, 1.807) is 0 Å². The third-order valence-electron chi connectivity index (χ3n) is 9.46. The molecular weight excluding hydrogens is 544 g/mol. The van der Waals surface area contributed by atoms with Crippen LogP contribution < -0.4 is 0 Å². The van der Waals surface area contributed by atoms with Crippen molar-refractivity contribution < 1.29 is 20.4 Å². The number of aliphatic hydroxyl groups is 4. The molecule has 44 heavy (non-hydrogen) atoms. The summed E-state index contributed by atoms with van der Waals surface area (Å²) >= 11 is 0. The summed E-state index contributed by atoms with van der Waals surface area (Å²) in [5.74, 6) is 0.717. The van der Waals surface area contributed by atoms with Crippen molar-refractivity contribution in [3.63, 3.8) is 0 Å². The number of aliphatic hydroxyl groups excluding tert-OH is 4. The van der Waals surface area contributed by atoms with Crippen molar-refractivity contribution in [2.45, 2.75) is 76.0 Å². The normalized spacial score (nSPS) is 15.7. The molecule has 0 aromatic heterocycles. The van der Waals surface area contributed by atoms with Gasteiger partial charge in [-0.25, -0.2) is 0 Å².